The van der Waals surface area contributed by atoms with Gasteiger partial charge < -0.3 is 19.9 Å². The lowest BCUT2D eigenvalue weighted by atomic mass is 10.1. The van der Waals surface area contributed by atoms with E-state index in [1.54, 1.807) is 11.3 Å². The Balaban J connectivity index is 0.00000392. The molecule has 2 atom stereocenters. The van der Waals surface area contributed by atoms with E-state index >= 15 is 0 Å². The lowest BCUT2D eigenvalue weighted by Crippen LogP contribution is -2.32. The van der Waals surface area contributed by atoms with Gasteiger partial charge in [-0.2, -0.15) is 0 Å². The summed E-state index contributed by atoms with van der Waals surface area (Å²) in [6.07, 6.45) is 0.212. The number of methoxy groups -OCH3 is 1. The van der Waals surface area contributed by atoms with Crippen LogP contribution in [0.5, 0.6) is 5.75 Å². The molecule has 0 radical (unpaired) electrons. The topological polar surface area (TPSA) is 80.7 Å². The van der Waals surface area contributed by atoms with Gasteiger partial charge in [-0.3, -0.25) is 0 Å². The van der Waals surface area contributed by atoms with Crippen LogP contribution in [0.25, 0.3) is 0 Å². The molecule has 6 nitrogen and oxygen atoms in total. The summed E-state index contributed by atoms with van der Waals surface area (Å²) < 4.78 is 9.88. The Labute approximate surface area is 188 Å². The molecule has 0 aliphatic heterocycles. The molecule has 2 N–H and O–H groups in total. The summed E-state index contributed by atoms with van der Waals surface area (Å²) in [5.74, 6) is 0.600. The Kier molecular flexibility index (Phi) is 13.1. The first-order valence-electron chi connectivity index (χ1n) is 9.04. The van der Waals surface area contributed by atoms with Crippen molar-refractivity contribution in [2.24, 2.45) is 0 Å². The van der Waals surface area contributed by atoms with E-state index < -0.39 is 12.1 Å². The smallest absolute Gasteiger partial charge is 0.343 e. The number of esters is 1. The van der Waals surface area contributed by atoms with Crippen LogP contribution in [0.2, 0.25) is 0 Å². The third-order valence-electron chi connectivity index (χ3n) is 4.08. The SMILES string of the molecule is COC(=O)COc1ccc(CC(C)NCC(O)c2csc(C(C)C)n2)cc1.Cl.Cl. The summed E-state index contributed by atoms with van der Waals surface area (Å²) >= 11 is 1.59. The number of aromatic nitrogens is 1. The number of nitrogens with zero attached hydrogens (tertiary/aromatic N) is 1. The Hall–Kier alpha value is -1.38. The van der Waals surface area contributed by atoms with Gasteiger partial charge in [0, 0.05) is 23.9 Å². The first-order chi connectivity index (χ1) is 12.9. The molecule has 9 heteroatoms. The number of hydrogen-bond acceptors (Lipinski definition) is 7. The number of carbonyl (C=O) groups excluding carboxylic acids is 1. The number of aliphatic hydroxyl groups excluding tert-OH is 1. The van der Waals surface area contributed by atoms with Crippen LogP contribution < -0.4 is 10.1 Å². The number of nitrogens with one attached hydrogen (secondary N) is 1. The largest absolute Gasteiger partial charge is 0.482 e. The number of benzene rings is 1. The minimum Gasteiger partial charge on any atom is -0.482 e. The van der Waals surface area contributed by atoms with Crippen molar-refractivity contribution in [1.29, 1.82) is 0 Å². The van der Waals surface area contributed by atoms with Crippen molar-refractivity contribution in [3.8, 4) is 5.75 Å². The van der Waals surface area contributed by atoms with Gasteiger partial charge >= 0.3 is 5.97 Å². The first-order valence-corrected chi connectivity index (χ1v) is 9.92. The number of ether oxygens (including phenoxy) is 2. The number of thiazole rings is 1. The van der Waals surface area contributed by atoms with Gasteiger partial charge in [-0.1, -0.05) is 26.0 Å². The molecule has 2 unspecified atom stereocenters. The fourth-order valence-corrected chi connectivity index (χ4v) is 3.37. The maximum Gasteiger partial charge on any atom is 0.343 e. The van der Waals surface area contributed by atoms with Crippen LogP contribution in [0.3, 0.4) is 0 Å². The quantitative estimate of drug-likeness (QED) is 0.518. The molecule has 164 valence electrons. The van der Waals surface area contributed by atoms with E-state index in [9.17, 15) is 9.90 Å². The molecule has 0 saturated heterocycles. The summed E-state index contributed by atoms with van der Waals surface area (Å²) in [5, 5.41) is 16.6. The number of hydrogen-bond donors (Lipinski definition) is 2. The van der Waals surface area contributed by atoms with Gasteiger partial charge in [0.2, 0.25) is 0 Å². The average Bonchev–Trinajstić information content (AvgIpc) is 3.16. The second-order valence-corrected chi connectivity index (χ2v) is 7.69. The maximum absolute atomic E-state index is 11.1. The number of halogens is 2. The van der Waals surface area contributed by atoms with Gasteiger partial charge in [0.05, 0.1) is 17.8 Å². The molecule has 0 fully saturated rings. The molecule has 2 rings (SSSR count). The number of aliphatic hydroxyl groups is 1. The van der Waals surface area contributed by atoms with E-state index in [0.29, 0.717) is 18.2 Å². The van der Waals surface area contributed by atoms with Crippen LogP contribution in [-0.4, -0.2) is 42.4 Å². The molecule has 0 aliphatic carbocycles. The van der Waals surface area contributed by atoms with Crippen LogP contribution >= 0.6 is 36.2 Å². The van der Waals surface area contributed by atoms with E-state index in [1.807, 2.05) is 29.6 Å². The van der Waals surface area contributed by atoms with E-state index in [2.05, 4.69) is 35.8 Å². The highest BCUT2D eigenvalue weighted by Crippen LogP contribution is 2.22. The minimum absolute atomic E-state index is 0. The Bertz CT molecular complexity index is 726. The molecule has 1 aromatic carbocycles. The van der Waals surface area contributed by atoms with Crippen molar-refractivity contribution in [2.75, 3.05) is 20.3 Å². The number of carbonyl (C=O) groups is 1. The zero-order valence-corrected chi connectivity index (χ0v) is 19.5. The normalized spacial score (nSPS) is 12.5. The van der Waals surface area contributed by atoms with Crippen molar-refractivity contribution >= 4 is 42.1 Å². The molecule has 1 heterocycles. The highest BCUT2D eigenvalue weighted by atomic mass is 35.5. The molecule has 29 heavy (non-hydrogen) atoms. The third-order valence-corrected chi connectivity index (χ3v) is 5.25. The molecule has 1 aromatic heterocycles. The highest BCUT2D eigenvalue weighted by Gasteiger charge is 2.14. The van der Waals surface area contributed by atoms with Gasteiger partial charge in [-0.05, 0) is 31.0 Å². The molecule has 0 saturated carbocycles. The fraction of sp³-hybridized carbons (Fsp3) is 0.500. The molecular formula is C20H30Cl2N2O4S. The van der Waals surface area contributed by atoms with E-state index in [1.165, 1.54) is 7.11 Å². The molecule has 0 amide bonds. The van der Waals surface area contributed by atoms with Gasteiger partial charge in [-0.25, -0.2) is 9.78 Å². The Morgan fingerprint density at radius 1 is 1.21 bits per heavy atom. The predicted octanol–water partition coefficient (Wildman–Crippen LogP) is 3.92. The number of rotatable bonds is 10. The van der Waals surface area contributed by atoms with Crippen molar-refractivity contribution in [3.63, 3.8) is 0 Å². The highest BCUT2D eigenvalue weighted by molar-refractivity contribution is 7.09. The van der Waals surface area contributed by atoms with Crippen molar-refractivity contribution in [2.45, 2.75) is 45.3 Å². The molecule has 0 aliphatic rings. The van der Waals surface area contributed by atoms with Crippen LogP contribution in [0.15, 0.2) is 29.6 Å². The summed E-state index contributed by atoms with van der Waals surface area (Å²) in [6, 6.07) is 7.81. The van der Waals surface area contributed by atoms with E-state index in [-0.39, 0.29) is 37.5 Å². The average molecular weight is 465 g/mol. The maximum atomic E-state index is 11.1. The van der Waals surface area contributed by atoms with Crippen LogP contribution in [-0.2, 0) is 16.0 Å². The predicted molar refractivity (Wildman–Crippen MR) is 121 cm³/mol. The van der Waals surface area contributed by atoms with Crippen LogP contribution in [0.1, 0.15) is 49.1 Å². The second kappa shape index (κ2) is 13.8. The Morgan fingerprint density at radius 2 is 1.86 bits per heavy atom. The molecule has 2 aromatic rings. The van der Waals surface area contributed by atoms with Gasteiger partial charge in [0.1, 0.15) is 11.9 Å². The molecule has 0 bridgehead atoms. The van der Waals surface area contributed by atoms with Crippen molar-refractivity contribution < 1.29 is 19.4 Å². The van der Waals surface area contributed by atoms with Gasteiger partial charge in [0.25, 0.3) is 0 Å². The summed E-state index contributed by atoms with van der Waals surface area (Å²) in [5.41, 5.74) is 1.88. The lowest BCUT2D eigenvalue weighted by Gasteiger charge is -2.16. The first kappa shape index (κ1) is 27.6. The summed E-state index contributed by atoms with van der Waals surface area (Å²) in [7, 11) is 1.33. The van der Waals surface area contributed by atoms with E-state index in [0.717, 1.165) is 22.7 Å². The van der Waals surface area contributed by atoms with Crippen LogP contribution in [0, 0.1) is 0 Å². The van der Waals surface area contributed by atoms with Crippen molar-refractivity contribution in [1.82, 2.24) is 10.3 Å². The van der Waals surface area contributed by atoms with E-state index in [4.69, 9.17) is 4.74 Å². The monoisotopic (exact) mass is 464 g/mol. The zero-order chi connectivity index (χ0) is 19.8. The fourth-order valence-electron chi connectivity index (χ4n) is 2.48. The van der Waals surface area contributed by atoms with Crippen LogP contribution in [0.4, 0.5) is 0 Å². The lowest BCUT2D eigenvalue weighted by molar-refractivity contribution is -0.142. The minimum atomic E-state index is -0.606. The summed E-state index contributed by atoms with van der Waals surface area (Å²) in [4.78, 5) is 15.6. The van der Waals surface area contributed by atoms with Gasteiger partial charge in [-0.15, -0.1) is 36.2 Å². The Morgan fingerprint density at radius 3 is 2.41 bits per heavy atom. The molecule has 0 spiro atoms. The summed E-state index contributed by atoms with van der Waals surface area (Å²) in [6.45, 7) is 6.64. The van der Waals surface area contributed by atoms with Gasteiger partial charge in [0.15, 0.2) is 6.61 Å². The van der Waals surface area contributed by atoms with Crippen molar-refractivity contribution in [3.05, 3.63) is 45.9 Å². The second-order valence-electron chi connectivity index (χ2n) is 6.80. The third kappa shape index (κ3) is 9.31. The molecular weight excluding hydrogens is 435 g/mol. The zero-order valence-electron chi connectivity index (χ0n) is 17.1. The standard InChI is InChI=1S/C20H28N2O4S.2ClH/c1-13(2)20-22-17(12-27-20)18(23)10-21-14(3)9-15-5-7-16(8-6-15)26-11-19(24)25-4;;/h5-8,12-14,18,21,23H,9-11H2,1-4H3;2*1H.